The third kappa shape index (κ3) is 2.87. The fourth-order valence-electron chi connectivity index (χ4n) is 4.45. The van der Waals surface area contributed by atoms with E-state index < -0.39 is 9.84 Å². The van der Waals surface area contributed by atoms with Gasteiger partial charge in [-0.05, 0) is 41.0 Å². The Bertz CT molecular complexity index is 1150. The molecule has 0 unspecified atom stereocenters. The lowest BCUT2D eigenvalue weighted by Crippen LogP contribution is -2.25. The summed E-state index contributed by atoms with van der Waals surface area (Å²) in [6, 6.07) is 13.5. The molecule has 1 saturated heterocycles. The second-order valence-corrected chi connectivity index (χ2v) is 10.2. The molecule has 3 heterocycles. The lowest BCUT2D eigenvalue weighted by molar-refractivity contribution is 0.325. The number of aryl methyl sites for hydroxylation is 1. The molecule has 7 heteroatoms. The van der Waals surface area contributed by atoms with Gasteiger partial charge in [-0.2, -0.15) is 5.10 Å². The summed E-state index contributed by atoms with van der Waals surface area (Å²) in [5, 5.41) is 4.58. The van der Waals surface area contributed by atoms with Gasteiger partial charge in [-0.3, -0.25) is 9.58 Å². The molecule has 2 atom stereocenters. The van der Waals surface area contributed by atoms with E-state index in [0.29, 0.717) is 16.5 Å². The van der Waals surface area contributed by atoms with Crippen molar-refractivity contribution in [1.29, 1.82) is 0 Å². The molecule has 0 radical (unpaired) electrons. The first kappa shape index (κ1) is 17.9. The summed E-state index contributed by atoms with van der Waals surface area (Å²) in [7, 11) is -1.41. The lowest BCUT2D eigenvalue weighted by atomic mass is 9.95. The Labute approximate surface area is 169 Å². The highest BCUT2D eigenvalue weighted by atomic mass is 35.5. The van der Waals surface area contributed by atoms with Crippen molar-refractivity contribution in [2.75, 3.05) is 13.1 Å². The molecule has 2 aliphatic rings. The predicted molar refractivity (Wildman–Crippen MR) is 109 cm³/mol. The third-order valence-corrected chi connectivity index (χ3v) is 8.33. The molecule has 5 nitrogen and oxygen atoms in total. The van der Waals surface area contributed by atoms with Gasteiger partial charge >= 0.3 is 0 Å². The van der Waals surface area contributed by atoms with E-state index in [2.05, 4.69) is 10.00 Å². The maximum Gasteiger partial charge on any atom is 0.183 e. The largest absolute Gasteiger partial charge is 0.297 e. The van der Waals surface area contributed by atoms with E-state index in [4.69, 9.17) is 11.6 Å². The summed E-state index contributed by atoms with van der Waals surface area (Å²) in [5.74, 6) is 0.0175. The Hall–Kier alpha value is -2.15. The summed E-state index contributed by atoms with van der Waals surface area (Å²) in [4.78, 5) is 2.73. The van der Waals surface area contributed by atoms with E-state index in [1.54, 1.807) is 10.7 Å². The highest BCUT2D eigenvalue weighted by molar-refractivity contribution is 7.92. The van der Waals surface area contributed by atoms with E-state index >= 15 is 0 Å². The minimum atomic E-state index is -3.29. The number of hydrogen-bond acceptors (Lipinski definition) is 4. The Morgan fingerprint density at radius 3 is 2.61 bits per heavy atom. The molecule has 1 aromatic heterocycles. The molecule has 5 rings (SSSR count). The summed E-state index contributed by atoms with van der Waals surface area (Å²) in [6.07, 6.45) is 3.76. The van der Waals surface area contributed by atoms with Crippen LogP contribution in [-0.2, 0) is 23.4 Å². The van der Waals surface area contributed by atoms with Gasteiger partial charge in [-0.15, -0.1) is 0 Å². The highest BCUT2D eigenvalue weighted by Crippen LogP contribution is 2.46. The van der Waals surface area contributed by atoms with Gasteiger partial charge in [-0.1, -0.05) is 29.8 Å². The molecule has 0 spiro atoms. The van der Waals surface area contributed by atoms with Crippen molar-refractivity contribution in [2.24, 2.45) is 7.05 Å². The van der Waals surface area contributed by atoms with Crippen LogP contribution in [0.5, 0.6) is 0 Å². The number of aromatic nitrogens is 2. The van der Waals surface area contributed by atoms with Crippen molar-refractivity contribution < 1.29 is 8.42 Å². The Morgan fingerprint density at radius 2 is 1.89 bits per heavy atom. The number of halogens is 1. The monoisotopic (exact) mass is 413 g/mol. The molecule has 0 amide bonds. The van der Waals surface area contributed by atoms with E-state index in [0.717, 1.165) is 35.3 Å². The first-order chi connectivity index (χ1) is 13.4. The highest BCUT2D eigenvalue weighted by Gasteiger charge is 2.50. The van der Waals surface area contributed by atoms with Gasteiger partial charge in [-0.25, -0.2) is 8.42 Å². The van der Waals surface area contributed by atoms with Crippen LogP contribution in [0, 0.1) is 0 Å². The van der Waals surface area contributed by atoms with E-state index in [1.165, 1.54) is 0 Å². The van der Waals surface area contributed by atoms with Gasteiger partial charge in [0, 0.05) is 49.4 Å². The van der Waals surface area contributed by atoms with Crippen LogP contribution in [0.2, 0.25) is 5.02 Å². The Balaban J connectivity index is 1.46. The zero-order valence-electron chi connectivity index (χ0n) is 15.4. The standard InChI is InChI=1S/C21H20ClN3O2S/c1-24-11-16(9-23-24)15-4-7-20-18(8-15)19-12-25(13-21(19)28(20,26)27)10-14-2-5-17(22)6-3-14/h2-9,11,19,21H,10,12-13H2,1H3/t19-,21-/m1/s1. The van der Waals surface area contributed by atoms with Crippen LogP contribution in [0.25, 0.3) is 11.1 Å². The number of likely N-dealkylation sites (tertiary alicyclic amines) is 1. The summed E-state index contributed by atoms with van der Waals surface area (Å²) in [5.41, 5.74) is 4.11. The number of rotatable bonds is 3. The summed E-state index contributed by atoms with van der Waals surface area (Å²) < 4.78 is 28.0. The van der Waals surface area contributed by atoms with Crippen molar-refractivity contribution in [2.45, 2.75) is 22.6 Å². The molecule has 0 bridgehead atoms. The minimum Gasteiger partial charge on any atom is -0.297 e. The van der Waals surface area contributed by atoms with Gasteiger partial charge in [0.2, 0.25) is 0 Å². The van der Waals surface area contributed by atoms with E-state index in [9.17, 15) is 8.42 Å². The normalized spacial score (nSPS) is 22.9. The predicted octanol–water partition coefficient (Wildman–Crippen LogP) is 3.50. The summed E-state index contributed by atoms with van der Waals surface area (Å²) in [6.45, 7) is 2.04. The fraction of sp³-hybridized carbons (Fsp3) is 0.286. The van der Waals surface area contributed by atoms with Crippen LogP contribution in [0.1, 0.15) is 17.0 Å². The molecule has 1 fully saturated rings. The van der Waals surface area contributed by atoms with Gasteiger partial charge < -0.3 is 0 Å². The van der Waals surface area contributed by atoms with E-state index in [1.807, 2.05) is 55.8 Å². The molecule has 2 aliphatic heterocycles. The molecule has 3 aromatic rings. The number of nitrogens with zero attached hydrogens (tertiary/aromatic N) is 3. The molecular weight excluding hydrogens is 394 g/mol. The smallest absolute Gasteiger partial charge is 0.183 e. The lowest BCUT2D eigenvalue weighted by Gasteiger charge is -2.17. The first-order valence-electron chi connectivity index (χ1n) is 9.25. The van der Waals surface area contributed by atoms with Gasteiger partial charge in [0.1, 0.15) is 0 Å². The maximum absolute atomic E-state index is 13.1. The average Bonchev–Trinajstić information content (AvgIpc) is 3.34. The van der Waals surface area contributed by atoms with Crippen LogP contribution < -0.4 is 0 Å². The second kappa shape index (κ2) is 6.44. The zero-order valence-corrected chi connectivity index (χ0v) is 17.0. The minimum absolute atomic E-state index is 0.0175. The number of benzene rings is 2. The van der Waals surface area contributed by atoms with Crippen LogP contribution in [0.15, 0.2) is 59.8 Å². The topological polar surface area (TPSA) is 55.2 Å². The molecule has 144 valence electrons. The van der Waals surface area contributed by atoms with Crippen LogP contribution >= 0.6 is 11.6 Å². The quantitative estimate of drug-likeness (QED) is 0.659. The van der Waals surface area contributed by atoms with Gasteiger partial charge in [0.05, 0.1) is 16.3 Å². The van der Waals surface area contributed by atoms with Gasteiger partial charge in [0.25, 0.3) is 0 Å². The number of fused-ring (bicyclic) bond motifs is 3. The first-order valence-corrected chi connectivity index (χ1v) is 11.2. The molecule has 0 saturated carbocycles. The molecule has 0 N–H and O–H groups in total. The SMILES string of the molecule is Cn1cc(-c2ccc3c(c2)[C@H]2CN(Cc4ccc(Cl)cc4)C[C@H]2S3(=O)=O)cn1. The van der Waals surface area contributed by atoms with Crippen molar-refractivity contribution in [1.82, 2.24) is 14.7 Å². The van der Waals surface area contributed by atoms with E-state index in [-0.39, 0.29) is 11.2 Å². The van der Waals surface area contributed by atoms with Crippen LogP contribution in [0.3, 0.4) is 0 Å². The van der Waals surface area contributed by atoms with Gasteiger partial charge in [0.15, 0.2) is 9.84 Å². The maximum atomic E-state index is 13.1. The van der Waals surface area contributed by atoms with Crippen molar-refractivity contribution in [3.8, 4) is 11.1 Å². The Morgan fingerprint density at radius 1 is 1.11 bits per heavy atom. The molecular formula is C21H20ClN3O2S. The van der Waals surface area contributed by atoms with Crippen molar-refractivity contribution >= 4 is 21.4 Å². The van der Waals surface area contributed by atoms with Crippen molar-refractivity contribution in [3.05, 3.63) is 71.0 Å². The molecule has 0 aliphatic carbocycles. The number of hydrogen-bond donors (Lipinski definition) is 0. The summed E-state index contributed by atoms with van der Waals surface area (Å²) >= 11 is 5.97. The second-order valence-electron chi connectivity index (χ2n) is 7.67. The number of sulfone groups is 1. The fourth-order valence-corrected chi connectivity index (χ4v) is 6.77. The van der Waals surface area contributed by atoms with Crippen molar-refractivity contribution in [3.63, 3.8) is 0 Å². The van der Waals surface area contributed by atoms with Crippen LogP contribution in [-0.4, -0.2) is 41.4 Å². The Kier molecular flexibility index (Phi) is 4.12. The third-order valence-electron chi connectivity index (χ3n) is 5.81. The molecule has 28 heavy (non-hydrogen) atoms. The average molecular weight is 414 g/mol. The molecule has 2 aromatic carbocycles. The zero-order chi connectivity index (χ0) is 19.5. The van der Waals surface area contributed by atoms with Crippen LogP contribution in [0.4, 0.5) is 0 Å².